The minimum atomic E-state index is -0.0954. The molecule has 0 saturated heterocycles. The standard InChI is InChI=1S/C61H56BN3O/c1-39-17-16-18-42(33-39)47-23-14-15-24-52(47)65-53-38-46(63(43-19-10-8-11-20-43)44-21-12-9-13-22-44)27-30-51(53)62-57-48-28-25-40(2)36-56(48)66-59(57)64(54-34-41(3)35-55(65)58(54)62)45-26-29-49-50(37-45)61(6,7)32-31-60(49,4)5/h8-16,18-30,33-39H,17,31-32H2,1-7H3. The Hall–Kier alpha value is -6.98. The number of furan rings is 1. The number of allylic oxidation sites excluding steroid dienone is 4. The first-order valence-electron chi connectivity index (χ1n) is 23.9. The molecule has 1 aromatic heterocycles. The van der Waals surface area contributed by atoms with Crippen LogP contribution in [0.5, 0.6) is 0 Å². The lowest BCUT2D eigenvalue weighted by Crippen LogP contribution is -2.61. The Morgan fingerprint density at radius 1 is 0.591 bits per heavy atom. The average Bonchev–Trinajstić information content (AvgIpc) is 3.69. The lowest BCUT2D eigenvalue weighted by molar-refractivity contribution is 0.332. The van der Waals surface area contributed by atoms with Crippen molar-refractivity contribution in [2.75, 3.05) is 14.7 Å². The van der Waals surface area contributed by atoms with Crippen LogP contribution in [0.15, 0.2) is 174 Å². The van der Waals surface area contributed by atoms with Gasteiger partial charge in [0.1, 0.15) is 5.58 Å². The minimum Gasteiger partial charge on any atom is -0.440 e. The molecule has 0 amide bonds. The third-order valence-electron chi connectivity index (χ3n) is 15.1. The van der Waals surface area contributed by atoms with Gasteiger partial charge in [0, 0.05) is 56.2 Å². The summed E-state index contributed by atoms with van der Waals surface area (Å²) < 4.78 is 7.27. The quantitative estimate of drug-likeness (QED) is 0.155. The molecule has 324 valence electrons. The van der Waals surface area contributed by atoms with Crippen LogP contribution < -0.4 is 31.1 Å². The molecule has 0 bridgehead atoms. The topological polar surface area (TPSA) is 22.9 Å². The summed E-state index contributed by atoms with van der Waals surface area (Å²) in [4.78, 5) is 7.44. The number of aryl methyl sites for hydroxylation is 2. The highest BCUT2D eigenvalue weighted by molar-refractivity contribution is 7.01. The first-order chi connectivity index (χ1) is 31.9. The molecular weight excluding hydrogens is 802 g/mol. The molecule has 1 unspecified atom stereocenters. The maximum Gasteiger partial charge on any atom is 0.257 e. The Bertz CT molecular complexity index is 3260. The number of hydrogen-bond acceptors (Lipinski definition) is 4. The molecule has 12 rings (SSSR count). The van der Waals surface area contributed by atoms with Crippen molar-refractivity contribution in [3.8, 4) is 0 Å². The first-order valence-corrected chi connectivity index (χ1v) is 23.9. The van der Waals surface area contributed by atoms with Crippen LogP contribution in [-0.4, -0.2) is 6.71 Å². The highest BCUT2D eigenvalue weighted by Gasteiger charge is 2.47. The molecule has 0 fully saturated rings. The van der Waals surface area contributed by atoms with E-state index in [1.54, 1.807) is 0 Å². The lowest BCUT2D eigenvalue weighted by Gasteiger charge is -2.45. The van der Waals surface area contributed by atoms with Crippen LogP contribution in [0.4, 0.5) is 51.4 Å². The lowest BCUT2D eigenvalue weighted by atomic mass is 9.33. The van der Waals surface area contributed by atoms with E-state index in [0.29, 0.717) is 5.92 Å². The van der Waals surface area contributed by atoms with Gasteiger partial charge in [0.05, 0.1) is 5.69 Å². The van der Waals surface area contributed by atoms with Gasteiger partial charge in [0.25, 0.3) is 6.71 Å². The number of hydrogen-bond donors (Lipinski definition) is 0. The number of fused-ring (bicyclic) bond motifs is 7. The van der Waals surface area contributed by atoms with Crippen molar-refractivity contribution < 1.29 is 4.42 Å². The highest BCUT2D eigenvalue weighted by Crippen LogP contribution is 2.52. The van der Waals surface area contributed by atoms with Gasteiger partial charge in [-0.1, -0.05) is 132 Å². The van der Waals surface area contributed by atoms with Crippen molar-refractivity contribution in [3.05, 3.63) is 198 Å². The van der Waals surface area contributed by atoms with E-state index in [0.717, 1.165) is 58.1 Å². The molecule has 0 N–H and O–H groups in total. The van der Waals surface area contributed by atoms with E-state index in [2.05, 4.69) is 233 Å². The molecule has 5 heteroatoms. The van der Waals surface area contributed by atoms with E-state index in [4.69, 9.17) is 4.42 Å². The van der Waals surface area contributed by atoms with E-state index in [-0.39, 0.29) is 17.5 Å². The van der Waals surface area contributed by atoms with Crippen LogP contribution in [-0.2, 0) is 10.8 Å². The molecule has 66 heavy (non-hydrogen) atoms. The van der Waals surface area contributed by atoms with Gasteiger partial charge in [-0.15, -0.1) is 0 Å². The van der Waals surface area contributed by atoms with E-state index < -0.39 is 0 Å². The second-order valence-corrected chi connectivity index (χ2v) is 20.6. The van der Waals surface area contributed by atoms with Gasteiger partial charge in [-0.2, -0.15) is 0 Å². The van der Waals surface area contributed by atoms with Crippen LogP contribution >= 0.6 is 0 Å². The fourth-order valence-corrected chi connectivity index (χ4v) is 11.6. The molecule has 8 aromatic rings. The van der Waals surface area contributed by atoms with E-state index >= 15 is 0 Å². The van der Waals surface area contributed by atoms with Crippen molar-refractivity contribution in [2.24, 2.45) is 5.92 Å². The molecule has 3 heterocycles. The van der Waals surface area contributed by atoms with Gasteiger partial charge >= 0.3 is 0 Å². The highest BCUT2D eigenvalue weighted by atomic mass is 16.4. The Balaban J connectivity index is 1.17. The minimum absolute atomic E-state index is 0.0450. The Morgan fingerprint density at radius 3 is 2.00 bits per heavy atom. The fourth-order valence-electron chi connectivity index (χ4n) is 11.6. The Morgan fingerprint density at radius 2 is 1.27 bits per heavy atom. The second-order valence-electron chi connectivity index (χ2n) is 20.6. The third-order valence-corrected chi connectivity index (χ3v) is 15.1. The zero-order valence-corrected chi connectivity index (χ0v) is 39.2. The molecular formula is C61H56BN3O. The molecule has 1 atom stereocenters. The van der Waals surface area contributed by atoms with E-state index in [9.17, 15) is 0 Å². The van der Waals surface area contributed by atoms with Crippen LogP contribution in [0.1, 0.15) is 81.7 Å². The van der Waals surface area contributed by atoms with Crippen LogP contribution in [0, 0.1) is 19.8 Å². The van der Waals surface area contributed by atoms with Gasteiger partial charge in [-0.3, -0.25) is 4.90 Å². The summed E-state index contributed by atoms with van der Waals surface area (Å²) in [5.74, 6) is 1.36. The predicted octanol–water partition coefficient (Wildman–Crippen LogP) is 14.9. The third kappa shape index (κ3) is 6.34. The maximum atomic E-state index is 7.27. The van der Waals surface area contributed by atoms with Gasteiger partial charge in [0.2, 0.25) is 5.88 Å². The van der Waals surface area contributed by atoms with Gasteiger partial charge < -0.3 is 14.2 Å². The summed E-state index contributed by atoms with van der Waals surface area (Å²) in [7, 11) is 0. The summed E-state index contributed by atoms with van der Waals surface area (Å²) in [5, 5.41) is 1.16. The zero-order valence-electron chi connectivity index (χ0n) is 39.2. The molecule has 2 aliphatic carbocycles. The van der Waals surface area contributed by atoms with Crippen molar-refractivity contribution in [1.82, 2.24) is 0 Å². The summed E-state index contributed by atoms with van der Waals surface area (Å²) in [6.45, 7) is 16.3. The zero-order chi connectivity index (χ0) is 45.1. The van der Waals surface area contributed by atoms with Crippen LogP contribution in [0.3, 0.4) is 0 Å². The van der Waals surface area contributed by atoms with Crippen molar-refractivity contribution >= 4 is 91.0 Å². The number of para-hydroxylation sites is 3. The monoisotopic (exact) mass is 857 g/mol. The summed E-state index contributed by atoms with van der Waals surface area (Å²) in [6, 6.07) is 56.7. The van der Waals surface area contributed by atoms with Gasteiger partial charge in [0.15, 0.2) is 0 Å². The number of anilines is 9. The largest absolute Gasteiger partial charge is 0.440 e. The number of benzene rings is 7. The van der Waals surface area contributed by atoms with Crippen molar-refractivity contribution in [1.29, 1.82) is 0 Å². The Kier molecular flexibility index (Phi) is 9.23. The molecule has 4 nitrogen and oxygen atoms in total. The summed E-state index contributed by atoms with van der Waals surface area (Å²) in [5.41, 5.74) is 21.8. The summed E-state index contributed by atoms with van der Waals surface area (Å²) in [6.07, 6.45) is 10.5. The predicted molar refractivity (Wildman–Crippen MR) is 281 cm³/mol. The maximum absolute atomic E-state index is 7.27. The Labute approximate surface area is 390 Å². The number of nitrogens with zero attached hydrogens (tertiary/aromatic N) is 3. The molecule has 7 aromatic carbocycles. The molecule has 0 radical (unpaired) electrons. The molecule has 2 aliphatic heterocycles. The fraction of sp³-hybridized carbons (Fsp3) is 0.213. The van der Waals surface area contributed by atoms with Crippen LogP contribution in [0.25, 0.3) is 16.5 Å². The van der Waals surface area contributed by atoms with Crippen LogP contribution in [0.2, 0.25) is 0 Å². The molecule has 0 spiro atoms. The number of rotatable bonds is 6. The smallest absolute Gasteiger partial charge is 0.257 e. The van der Waals surface area contributed by atoms with Crippen molar-refractivity contribution in [3.63, 3.8) is 0 Å². The molecule has 0 saturated carbocycles. The molecule has 4 aliphatic rings. The normalized spacial score (nSPS) is 17.5. The van der Waals surface area contributed by atoms with Gasteiger partial charge in [-0.05, 0) is 161 Å². The SMILES string of the molecule is Cc1cc2c3c(c1)N(c1ccc4c(c1)C(C)(C)CCC4(C)C)c1oc4cc(C)ccc4c1B3c1ccc(N(c3ccccc3)c3ccccc3)cc1N2c1ccccc1C1=CC(C)CC=C1. The average molecular weight is 858 g/mol. The van der Waals surface area contributed by atoms with Gasteiger partial charge in [-0.25, -0.2) is 0 Å². The second kappa shape index (κ2) is 15.0. The van der Waals surface area contributed by atoms with E-state index in [1.165, 1.54) is 73.3 Å². The summed E-state index contributed by atoms with van der Waals surface area (Å²) >= 11 is 0. The van der Waals surface area contributed by atoms with Crippen molar-refractivity contribution in [2.45, 2.75) is 78.6 Å². The van der Waals surface area contributed by atoms with E-state index in [1.807, 2.05) is 0 Å². The first kappa shape index (κ1) is 40.5.